The Morgan fingerprint density at radius 3 is 2.50 bits per heavy atom. The van der Waals surface area contributed by atoms with E-state index in [1.165, 1.54) is 4.31 Å². The number of carbonyl (C=O) groups is 1. The van der Waals surface area contributed by atoms with Crippen LogP contribution in [0.15, 0.2) is 42.5 Å². The summed E-state index contributed by atoms with van der Waals surface area (Å²) in [7, 11) is -3.49. The van der Waals surface area contributed by atoms with Gasteiger partial charge in [0.15, 0.2) is 0 Å². The minimum Gasteiger partial charge on any atom is -0.326 e. The Labute approximate surface area is 172 Å². The van der Waals surface area contributed by atoms with E-state index in [0.717, 1.165) is 23.1 Å². The predicted octanol–water partition coefficient (Wildman–Crippen LogP) is 4.96. The summed E-state index contributed by atoms with van der Waals surface area (Å²) in [6.07, 6.45) is 1.78. The molecular weight excluding hydrogens is 396 g/mol. The summed E-state index contributed by atoms with van der Waals surface area (Å²) >= 11 is 6.04. The summed E-state index contributed by atoms with van der Waals surface area (Å²) in [6, 6.07) is 12.8. The molecule has 0 unspecified atom stereocenters. The minimum atomic E-state index is -3.49. The number of para-hydroxylation sites is 1. The normalized spacial score (nSPS) is 11.5. The summed E-state index contributed by atoms with van der Waals surface area (Å²) in [5.74, 6) is 0.160. The van der Waals surface area contributed by atoms with Crippen molar-refractivity contribution in [2.45, 2.75) is 39.5 Å². The molecule has 0 atom stereocenters. The molecule has 7 heteroatoms. The number of halogens is 1. The van der Waals surface area contributed by atoms with Gasteiger partial charge in [0.25, 0.3) is 0 Å². The molecule has 0 spiro atoms. The molecule has 1 N–H and O–H groups in total. The van der Waals surface area contributed by atoms with E-state index in [-0.39, 0.29) is 18.9 Å². The zero-order chi connectivity index (χ0) is 20.9. The first-order valence-electron chi connectivity index (χ1n) is 9.22. The molecule has 2 aromatic rings. The van der Waals surface area contributed by atoms with Gasteiger partial charge in [-0.15, -0.1) is 0 Å². The molecule has 0 saturated heterocycles. The quantitative estimate of drug-likeness (QED) is 0.653. The van der Waals surface area contributed by atoms with Crippen LogP contribution < -0.4 is 9.62 Å². The molecule has 0 aliphatic rings. The maximum Gasteiger partial charge on any atom is 0.232 e. The zero-order valence-electron chi connectivity index (χ0n) is 16.7. The van der Waals surface area contributed by atoms with Gasteiger partial charge in [-0.3, -0.25) is 9.10 Å². The van der Waals surface area contributed by atoms with Crippen molar-refractivity contribution in [3.63, 3.8) is 0 Å². The first-order chi connectivity index (χ1) is 13.1. The highest BCUT2D eigenvalue weighted by Gasteiger charge is 2.20. The molecule has 0 saturated carbocycles. The van der Waals surface area contributed by atoms with E-state index in [4.69, 9.17) is 11.6 Å². The smallest absolute Gasteiger partial charge is 0.232 e. The van der Waals surface area contributed by atoms with Crippen molar-refractivity contribution in [3.8, 4) is 0 Å². The summed E-state index contributed by atoms with van der Waals surface area (Å²) in [5, 5.41) is 3.41. The number of nitrogens with one attached hydrogen (secondary N) is 1. The van der Waals surface area contributed by atoms with E-state index in [1.54, 1.807) is 18.2 Å². The first-order valence-corrected chi connectivity index (χ1v) is 11.4. The number of benzene rings is 2. The van der Waals surface area contributed by atoms with Gasteiger partial charge >= 0.3 is 0 Å². The van der Waals surface area contributed by atoms with Crippen LogP contribution in [-0.4, -0.2) is 27.1 Å². The van der Waals surface area contributed by atoms with Crippen LogP contribution in [0.4, 0.5) is 11.4 Å². The Hall–Kier alpha value is -2.05. The van der Waals surface area contributed by atoms with Crippen LogP contribution >= 0.6 is 11.6 Å². The van der Waals surface area contributed by atoms with Crippen LogP contribution in [0.5, 0.6) is 0 Å². The summed E-state index contributed by atoms with van der Waals surface area (Å²) in [5.41, 5.74) is 3.22. The predicted molar refractivity (Wildman–Crippen MR) is 117 cm³/mol. The van der Waals surface area contributed by atoms with Crippen LogP contribution in [0.3, 0.4) is 0 Å². The fraction of sp³-hybridized carbons (Fsp3) is 0.381. The zero-order valence-corrected chi connectivity index (χ0v) is 18.3. The molecule has 0 bridgehead atoms. The van der Waals surface area contributed by atoms with Gasteiger partial charge in [-0.05, 0) is 48.6 Å². The summed E-state index contributed by atoms with van der Waals surface area (Å²) in [4.78, 5) is 12.4. The third-order valence-corrected chi connectivity index (χ3v) is 5.88. The Balaban J connectivity index is 2.05. The summed E-state index contributed by atoms with van der Waals surface area (Å²) < 4.78 is 25.8. The van der Waals surface area contributed by atoms with Gasteiger partial charge in [0.2, 0.25) is 15.9 Å². The minimum absolute atomic E-state index is 0.135. The van der Waals surface area contributed by atoms with Crippen LogP contribution in [0.25, 0.3) is 0 Å². The van der Waals surface area contributed by atoms with E-state index >= 15 is 0 Å². The second-order valence-electron chi connectivity index (χ2n) is 7.16. The van der Waals surface area contributed by atoms with Crippen LogP contribution in [0, 0.1) is 6.92 Å². The molecule has 2 rings (SSSR count). The lowest BCUT2D eigenvalue weighted by molar-refractivity contribution is -0.116. The molecule has 5 nitrogen and oxygen atoms in total. The number of hydrogen-bond donors (Lipinski definition) is 1. The lowest BCUT2D eigenvalue weighted by Crippen LogP contribution is -2.32. The third-order valence-electron chi connectivity index (χ3n) is 4.46. The molecule has 0 heterocycles. The van der Waals surface area contributed by atoms with Crippen LogP contribution in [-0.2, 0) is 14.8 Å². The van der Waals surface area contributed by atoms with Crippen LogP contribution in [0.2, 0.25) is 5.02 Å². The second-order valence-corrected chi connectivity index (χ2v) is 9.50. The topological polar surface area (TPSA) is 66.5 Å². The highest BCUT2D eigenvalue weighted by Crippen LogP contribution is 2.27. The van der Waals surface area contributed by atoms with Crippen molar-refractivity contribution >= 4 is 38.9 Å². The molecule has 0 aliphatic carbocycles. The number of nitrogens with zero attached hydrogens (tertiary/aromatic N) is 1. The van der Waals surface area contributed by atoms with E-state index in [2.05, 4.69) is 19.2 Å². The van der Waals surface area contributed by atoms with E-state index in [1.807, 2.05) is 31.2 Å². The van der Waals surface area contributed by atoms with Gasteiger partial charge in [0.1, 0.15) is 0 Å². The third kappa shape index (κ3) is 5.97. The van der Waals surface area contributed by atoms with Gasteiger partial charge in [-0.1, -0.05) is 49.7 Å². The van der Waals surface area contributed by atoms with Gasteiger partial charge in [-0.2, -0.15) is 0 Å². The van der Waals surface area contributed by atoms with E-state index in [9.17, 15) is 13.2 Å². The first kappa shape index (κ1) is 22.2. The second kappa shape index (κ2) is 9.43. The molecule has 152 valence electrons. The lowest BCUT2D eigenvalue weighted by Gasteiger charge is -2.24. The Kier molecular flexibility index (Phi) is 7.49. The molecule has 0 radical (unpaired) electrons. The van der Waals surface area contributed by atoms with Crippen molar-refractivity contribution in [2.24, 2.45) is 0 Å². The number of carbonyl (C=O) groups excluding carboxylic acids is 1. The van der Waals surface area contributed by atoms with Crippen molar-refractivity contribution in [1.29, 1.82) is 0 Å². The molecule has 0 aromatic heterocycles. The maximum atomic E-state index is 12.4. The Morgan fingerprint density at radius 2 is 1.86 bits per heavy atom. The van der Waals surface area contributed by atoms with Crippen molar-refractivity contribution in [1.82, 2.24) is 0 Å². The molecule has 2 aromatic carbocycles. The highest BCUT2D eigenvalue weighted by atomic mass is 35.5. The average molecular weight is 423 g/mol. The molecule has 0 aliphatic heterocycles. The molecular formula is C21H27ClN2O3S. The average Bonchev–Trinajstić information content (AvgIpc) is 2.60. The fourth-order valence-corrected chi connectivity index (χ4v) is 4.21. The number of aryl methyl sites for hydroxylation is 1. The summed E-state index contributed by atoms with van der Waals surface area (Å²) in [6.45, 7) is 6.18. The number of anilines is 2. The van der Waals surface area contributed by atoms with Gasteiger partial charge in [0, 0.05) is 23.7 Å². The monoisotopic (exact) mass is 422 g/mol. The standard InChI is InChI=1S/C21H27ClN2O3S/c1-15(2)18-8-5-6-9-19(18)23-21(25)10-7-13-24(28(4,26)27)20-14-17(22)12-11-16(20)3/h5-6,8-9,11-12,14-15H,7,10,13H2,1-4H3,(H,23,25). The number of sulfonamides is 1. The number of hydrogen-bond acceptors (Lipinski definition) is 3. The van der Waals surface area contributed by atoms with Gasteiger partial charge in [-0.25, -0.2) is 8.42 Å². The van der Waals surface area contributed by atoms with Crippen molar-refractivity contribution in [2.75, 3.05) is 22.4 Å². The van der Waals surface area contributed by atoms with Gasteiger partial charge < -0.3 is 5.32 Å². The Morgan fingerprint density at radius 1 is 1.18 bits per heavy atom. The Bertz CT molecular complexity index is 942. The van der Waals surface area contributed by atoms with Crippen LogP contribution in [0.1, 0.15) is 43.7 Å². The maximum absolute atomic E-state index is 12.4. The molecule has 0 fully saturated rings. The number of rotatable bonds is 8. The van der Waals surface area contributed by atoms with E-state index in [0.29, 0.717) is 23.0 Å². The SMILES string of the molecule is Cc1ccc(Cl)cc1N(CCCC(=O)Nc1ccccc1C(C)C)S(C)(=O)=O. The van der Waals surface area contributed by atoms with Crippen molar-refractivity contribution in [3.05, 3.63) is 58.6 Å². The fourth-order valence-electron chi connectivity index (χ4n) is 3.03. The highest BCUT2D eigenvalue weighted by molar-refractivity contribution is 7.92. The molecule has 1 amide bonds. The number of amides is 1. The van der Waals surface area contributed by atoms with Crippen molar-refractivity contribution < 1.29 is 13.2 Å². The molecule has 28 heavy (non-hydrogen) atoms. The lowest BCUT2D eigenvalue weighted by atomic mass is 10.0. The van der Waals surface area contributed by atoms with E-state index < -0.39 is 10.0 Å². The van der Waals surface area contributed by atoms with Gasteiger partial charge in [0.05, 0.1) is 11.9 Å². The largest absolute Gasteiger partial charge is 0.326 e.